The molecule has 1 aromatic carbocycles. The van der Waals surface area contributed by atoms with Crippen LogP contribution in [0.4, 0.5) is 0 Å². The Hall–Kier alpha value is -3.15. The van der Waals surface area contributed by atoms with E-state index in [9.17, 15) is 9.59 Å². The topological polar surface area (TPSA) is 77.5 Å². The van der Waals surface area contributed by atoms with E-state index in [1.807, 2.05) is 6.07 Å². The van der Waals surface area contributed by atoms with Gasteiger partial charge in [0, 0.05) is 18.8 Å². The Morgan fingerprint density at radius 2 is 2.04 bits per heavy atom. The summed E-state index contributed by atoms with van der Waals surface area (Å²) < 4.78 is 9.85. The largest absolute Gasteiger partial charge is 0.496 e. The second-order valence-corrected chi connectivity index (χ2v) is 4.83. The van der Waals surface area contributed by atoms with E-state index in [0.717, 1.165) is 5.56 Å². The van der Waals surface area contributed by atoms with Crippen molar-refractivity contribution in [2.24, 2.45) is 0 Å². The van der Waals surface area contributed by atoms with E-state index in [0.29, 0.717) is 17.0 Å². The molecule has 2 rings (SSSR count). The summed E-state index contributed by atoms with van der Waals surface area (Å²) in [4.78, 5) is 27.7. The smallest absolute Gasteiger partial charge is 0.341 e. The average Bonchev–Trinajstić information content (AvgIpc) is 2.64. The first kappa shape index (κ1) is 17.2. The Labute approximate surface area is 140 Å². The molecule has 0 aliphatic heterocycles. The van der Waals surface area contributed by atoms with Crippen LogP contribution < -0.4 is 10.1 Å². The maximum Gasteiger partial charge on any atom is 0.341 e. The third kappa shape index (κ3) is 4.67. The molecule has 2 aromatic rings. The van der Waals surface area contributed by atoms with Gasteiger partial charge in [-0.3, -0.25) is 9.78 Å². The van der Waals surface area contributed by atoms with Gasteiger partial charge in [-0.05, 0) is 35.9 Å². The highest BCUT2D eigenvalue weighted by atomic mass is 16.5. The molecular weight excluding hydrogens is 308 g/mol. The summed E-state index contributed by atoms with van der Waals surface area (Å²) in [7, 11) is 2.78. The van der Waals surface area contributed by atoms with E-state index in [2.05, 4.69) is 10.3 Å². The molecule has 1 aromatic heterocycles. The lowest BCUT2D eigenvalue weighted by Gasteiger charge is -2.09. The van der Waals surface area contributed by atoms with E-state index >= 15 is 0 Å². The number of rotatable bonds is 6. The highest BCUT2D eigenvalue weighted by molar-refractivity contribution is 5.93. The summed E-state index contributed by atoms with van der Waals surface area (Å²) in [6.45, 7) is 0.277. The van der Waals surface area contributed by atoms with Crippen LogP contribution in [-0.4, -0.2) is 31.1 Å². The number of esters is 1. The van der Waals surface area contributed by atoms with Gasteiger partial charge in [-0.1, -0.05) is 12.1 Å². The maximum absolute atomic E-state index is 11.8. The van der Waals surface area contributed by atoms with E-state index in [1.165, 1.54) is 20.3 Å². The molecule has 0 spiro atoms. The predicted octanol–water partition coefficient (Wildman–Crippen LogP) is 2.21. The molecule has 0 radical (unpaired) electrons. The van der Waals surface area contributed by atoms with Crippen molar-refractivity contribution in [3.05, 3.63) is 65.5 Å². The first-order valence-corrected chi connectivity index (χ1v) is 7.26. The monoisotopic (exact) mass is 326 g/mol. The van der Waals surface area contributed by atoms with Crippen molar-refractivity contribution in [3.8, 4) is 5.75 Å². The zero-order valence-electron chi connectivity index (χ0n) is 13.5. The van der Waals surface area contributed by atoms with Crippen molar-refractivity contribution < 1.29 is 19.1 Å². The summed E-state index contributed by atoms with van der Waals surface area (Å²) in [5.41, 5.74) is 1.77. The lowest BCUT2D eigenvalue weighted by Crippen LogP contribution is -2.20. The number of aromatic nitrogens is 1. The predicted molar refractivity (Wildman–Crippen MR) is 89.5 cm³/mol. The number of nitrogens with zero attached hydrogens (tertiary/aromatic N) is 1. The van der Waals surface area contributed by atoms with Gasteiger partial charge in [0.05, 0.1) is 19.9 Å². The molecule has 0 aliphatic rings. The van der Waals surface area contributed by atoms with Crippen LogP contribution in [0, 0.1) is 0 Å². The van der Waals surface area contributed by atoms with E-state index in [1.54, 1.807) is 42.6 Å². The average molecular weight is 326 g/mol. The normalized spacial score (nSPS) is 10.4. The number of amides is 1. The molecular formula is C18H18N2O4. The van der Waals surface area contributed by atoms with Crippen LogP contribution in [0.1, 0.15) is 21.6 Å². The highest BCUT2D eigenvalue weighted by Gasteiger charge is 2.13. The SMILES string of the molecule is COC(=O)c1cc(CNC(=O)C=Cc2ccccn2)ccc1OC. The minimum absolute atomic E-state index is 0.254. The van der Waals surface area contributed by atoms with Crippen molar-refractivity contribution in [2.75, 3.05) is 14.2 Å². The van der Waals surface area contributed by atoms with Gasteiger partial charge < -0.3 is 14.8 Å². The van der Waals surface area contributed by atoms with Crippen molar-refractivity contribution >= 4 is 18.0 Å². The van der Waals surface area contributed by atoms with Crippen LogP contribution in [0.2, 0.25) is 0 Å². The summed E-state index contributed by atoms with van der Waals surface area (Å²) in [5, 5.41) is 2.74. The zero-order valence-corrected chi connectivity index (χ0v) is 13.5. The number of nitrogens with one attached hydrogen (secondary N) is 1. The quantitative estimate of drug-likeness (QED) is 0.650. The number of methoxy groups -OCH3 is 2. The highest BCUT2D eigenvalue weighted by Crippen LogP contribution is 2.20. The number of carbonyl (C=O) groups is 2. The van der Waals surface area contributed by atoms with Crippen molar-refractivity contribution in [3.63, 3.8) is 0 Å². The Morgan fingerprint density at radius 3 is 2.71 bits per heavy atom. The molecule has 1 amide bonds. The van der Waals surface area contributed by atoms with Crippen molar-refractivity contribution in [2.45, 2.75) is 6.54 Å². The molecule has 0 bridgehead atoms. The molecule has 0 atom stereocenters. The molecule has 6 nitrogen and oxygen atoms in total. The van der Waals surface area contributed by atoms with Gasteiger partial charge in [0.1, 0.15) is 11.3 Å². The van der Waals surface area contributed by atoms with Crippen molar-refractivity contribution in [1.29, 1.82) is 0 Å². The summed E-state index contributed by atoms with van der Waals surface area (Å²) in [5.74, 6) is -0.321. The van der Waals surface area contributed by atoms with Crippen molar-refractivity contribution in [1.82, 2.24) is 10.3 Å². The Morgan fingerprint density at radius 1 is 1.21 bits per heavy atom. The van der Waals surface area contributed by atoms with Gasteiger partial charge in [0.25, 0.3) is 0 Å². The fourth-order valence-electron chi connectivity index (χ4n) is 2.02. The Bertz CT molecular complexity index is 742. The van der Waals surface area contributed by atoms with Crippen LogP contribution in [-0.2, 0) is 16.1 Å². The standard InChI is InChI=1S/C18H18N2O4/c1-23-16-8-6-13(11-15(16)18(22)24-2)12-20-17(21)9-7-14-5-3-4-10-19-14/h3-11H,12H2,1-2H3,(H,20,21). The second kappa shape index (κ2) is 8.47. The molecule has 0 saturated carbocycles. The molecule has 0 unspecified atom stereocenters. The van der Waals surface area contributed by atoms with Gasteiger partial charge in [-0.2, -0.15) is 0 Å². The van der Waals surface area contributed by atoms with Crippen LogP contribution >= 0.6 is 0 Å². The van der Waals surface area contributed by atoms with Crippen LogP contribution in [0.25, 0.3) is 6.08 Å². The fourth-order valence-corrected chi connectivity index (χ4v) is 2.02. The first-order chi connectivity index (χ1) is 11.6. The summed E-state index contributed by atoms with van der Waals surface area (Å²) in [6, 6.07) is 10.5. The van der Waals surface area contributed by atoms with E-state index in [4.69, 9.17) is 9.47 Å². The molecule has 1 heterocycles. The third-order valence-corrected chi connectivity index (χ3v) is 3.23. The van der Waals surface area contributed by atoms with Gasteiger partial charge in [-0.15, -0.1) is 0 Å². The van der Waals surface area contributed by atoms with Crippen LogP contribution in [0.3, 0.4) is 0 Å². The Kier molecular flexibility index (Phi) is 6.08. The third-order valence-electron chi connectivity index (χ3n) is 3.23. The number of benzene rings is 1. The molecule has 0 fully saturated rings. The fraction of sp³-hybridized carbons (Fsp3) is 0.167. The van der Waals surface area contributed by atoms with Gasteiger partial charge in [0.2, 0.25) is 5.91 Å². The maximum atomic E-state index is 11.8. The molecule has 124 valence electrons. The number of pyridine rings is 1. The minimum Gasteiger partial charge on any atom is -0.496 e. The molecule has 0 aliphatic carbocycles. The van der Waals surface area contributed by atoms with E-state index < -0.39 is 5.97 Å². The summed E-state index contributed by atoms with van der Waals surface area (Å²) >= 11 is 0. The minimum atomic E-state index is -0.491. The first-order valence-electron chi connectivity index (χ1n) is 7.26. The molecule has 6 heteroatoms. The number of hydrogen-bond donors (Lipinski definition) is 1. The van der Waals surface area contributed by atoms with Crippen LogP contribution in [0.5, 0.6) is 5.75 Å². The lowest BCUT2D eigenvalue weighted by atomic mass is 10.1. The van der Waals surface area contributed by atoms with E-state index in [-0.39, 0.29) is 12.5 Å². The van der Waals surface area contributed by atoms with Crippen LogP contribution in [0.15, 0.2) is 48.7 Å². The molecule has 24 heavy (non-hydrogen) atoms. The second-order valence-electron chi connectivity index (χ2n) is 4.83. The van der Waals surface area contributed by atoms with Gasteiger partial charge in [-0.25, -0.2) is 4.79 Å². The Balaban J connectivity index is 2.00. The number of hydrogen-bond acceptors (Lipinski definition) is 5. The molecule has 1 N–H and O–H groups in total. The number of carbonyl (C=O) groups excluding carboxylic acids is 2. The lowest BCUT2D eigenvalue weighted by molar-refractivity contribution is -0.116. The zero-order chi connectivity index (χ0) is 17.4. The number of ether oxygens (including phenoxy) is 2. The van der Waals surface area contributed by atoms with Gasteiger partial charge in [0.15, 0.2) is 0 Å². The van der Waals surface area contributed by atoms with Gasteiger partial charge >= 0.3 is 5.97 Å². The summed E-state index contributed by atoms with van der Waals surface area (Å²) in [6.07, 6.45) is 4.69. The molecule has 0 saturated heterocycles.